The molecule has 10 heteroatoms. The van der Waals surface area contributed by atoms with E-state index >= 15 is 0 Å². The number of aryl methyl sites for hydroxylation is 1. The molecule has 1 aliphatic carbocycles. The van der Waals surface area contributed by atoms with Crippen LogP contribution in [0, 0.1) is 0 Å². The summed E-state index contributed by atoms with van der Waals surface area (Å²) in [6.07, 6.45) is 1.54. The van der Waals surface area contributed by atoms with E-state index in [0.717, 1.165) is 41.4 Å². The zero-order valence-electron chi connectivity index (χ0n) is 13.3. The molecule has 25 heavy (non-hydrogen) atoms. The van der Waals surface area contributed by atoms with Gasteiger partial charge < -0.3 is 9.47 Å². The molecule has 0 aliphatic heterocycles. The van der Waals surface area contributed by atoms with Crippen molar-refractivity contribution in [2.45, 2.75) is 36.7 Å². The third-order valence-electron chi connectivity index (χ3n) is 3.81. The molecule has 0 unspecified atom stereocenters. The van der Waals surface area contributed by atoms with Gasteiger partial charge in [0.25, 0.3) is 0 Å². The summed E-state index contributed by atoms with van der Waals surface area (Å²) < 4.78 is 103. The summed E-state index contributed by atoms with van der Waals surface area (Å²) in [6, 6.07) is 4.95. The number of ether oxygens (including phenoxy) is 2. The topological polar surface area (TPSA) is 18.5 Å². The van der Waals surface area contributed by atoms with Crippen molar-refractivity contribution in [2.24, 2.45) is 0 Å². The quantitative estimate of drug-likeness (QED) is 0.544. The van der Waals surface area contributed by atoms with E-state index in [9.17, 15) is 30.7 Å². The fraction of sp³-hybridized carbons (Fsp3) is 0.467. The van der Waals surface area contributed by atoms with Gasteiger partial charge in [-0.15, -0.1) is 0 Å². The number of benzene rings is 1. The molecule has 0 spiro atoms. The van der Waals surface area contributed by atoms with Crippen LogP contribution in [0.2, 0.25) is 6.04 Å². The third kappa shape index (κ3) is 3.00. The summed E-state index contributed by atoms with van der Waals surface area (Å²) in [5.74, 6) is -23.2. The highest BCUT2D eigenvalue weighted by atomic mass is 28.1. The molecule has 2 nitrogen and oxygen atoms in total. The lowest BCUT2D eigenvalue weighted by Gasteiger charge is -2.24. The minimum absolute atomic E-state index is 0.152. The van der Waals surface area contributed by atoms with Crippen LogP contribution < -0.4 is 9.47 Å². The maximum Gasteiger partial charge on any atom is 0.386 e. The zero-order chi connectivity index (χ0) is 19.0. The van der Waals surface area contributed by atoms with E-state index < -0.39 is 35.1 Å². The van der Waals surface area contributed by atoms with Gasteiger partial charge in [-0.25, -0.2) is 4.39 Å². The molecule has 140 valence electrons. The molecule has 0 amide bonds. The highest BCUT2D eigenvalue weighted by molar-refractivity contribution is 6.08. The Hall–Kier alpha value is -1.71. The highest BCUT2D eigenvalue weighted by Crippen LogP contribution is 2.59. The number of hydrogen-bond donors (Lipinski definition) is 0. The van der Waals surface area contributed by atoms with Crippen LogP contribution in [-0.2, 0) is 6.42 Å². The molecule has 0 saturated heterocycles. The molecule has 0 N–H and O–H groups in total. The normalized spacial score (nSPS) is 20.8. The standard InChI is InChI=1S/C15H15F7O2Si/c1-23-10-7-8(3-2-6-25)4-5-9(10)24-12-11(16)13(17,18)15(21,22)14(12,19)20/h4-5,7H,2-3,6H2,1,25H3. The molecule has 0 atom stereocenters. The van der Waals surface area contributed by atoms with E-state index in [1.165, 1.54) is 12.1 Å². The number of hydrogen-bond acceptors (Lipinski definition) is 2. The van der Waals surface area contributed by atoms with Crippen LogP contribution in [0.15, 0.2) is 29.8 Å². The van der Waals surface area contributed by atoms with Gasteiger partial charge in [0, 0.05) is 10.2 Å². The lowest BCUT2D eigenvalue weighted by atomic mass is 10.1. The average Bonchev–Trinajstić information content (AvgIpc) is 2.64. The van der Waals surface area contributed by atoms with Gasteiger partial charge in [0.15, 0.2) is 11.5 Å². The van der Waals surface area contributed by atoms with E-state index in [-0.39, 0.29) is 5.75 Å². The van der Waals surface area contributed by atoms with Crippen LogP contribution in [-0.4, -0.2) is 35.1 Å². The maximum absolute atomic E-state index is 13.6. The average molecular weight is 388 g/mol. The molecular formula is C15H15F7O2Si. The Balaban J connectivity index is 2.40. The van der Waals surface area contributed by atoms with Crippen molar-refractivity contribution in [2.75, 3.05) is 7.11 Å². The van der Waals surface area contributed by atoms with Gasteiger partial charge in [-0.2, -0.15) is 26.3 Å². The van der Waals surface area contributed by atoms with Gasteiger partial charge >= 0.3 is 17.8 Å². The summed E-state index contributed by atoms with van der Waals surface area (Å²) in [6.45, 7) is 0. The van der Waals surface area contributed by atoms with Gasteiger partial charge in [-0.05, 0) is 24.1 Å². The largest absolute Gasteiger partial charge is 0.493 e. The van der Waals surface area contributed by atoms with Crippen molar-refractivity contribution in [1.29, 1.82) is 0 Å². The molecule has 0 bridgehead atoms. The van der Waals surface area contributed by atoms with E-state index in [1.807, 2.05) is 0 Å². The first kappa shape index (κ1) is 19.6. The van der Waals surface area contributed by atoms with E-state index in [0.29, 0.717) is 6.42 Å². The van der Waals surface area contributed by atoms with Gasteiger partial charge in [0.05, 0.1) is 7.11 Å². The Morgan fingerprint density at radius 1 is 1.00 bits per heavy atom. The monoisotopic (exact) mass is 388 g/mol. The molecule has 1 aromatic carbocycles. The number of alkyl halides is 6. The van der Waals surface area contributed by atoms with Crippen molar-refractivity contribution < 1.29 is 40.2 Å². The second kappa shape index (κ2) is 6.54. The molecule has 0 heterocycles. The maximum atomic E-state index is 13.6. The second-order valence-corrected chi connectivity index (χ2v) is 6.56. The second-order valence-electron chi connectivity index (χ2n) is 5.56. The van der Waals surface area contributed by atoms with Crippen LogP contribution in [0.3, 0.4) is 0 Å². The minimum atomic E-state index is -5.93. The summed E-state index contributed by atoms with van der Waals surface area (Å²) in [4.78, 5) is 0. The fourth-order valence-electron chi connectivity index (χ4n) is 2.31. The van der Waals surface area contributed by atoms with Crippen LogP contribution in [0.5, 0.6) is 11.5 Å². The summed E-state index contributed by atoms with van der Waals surface area (Å²) in [5.41, 5.74) is 0.753. The number of allylic oxidation sites excluding steroid dienone is 2. The van der Waals surface area contributed by atoms with Crippen LogP contribution in [0.1, 0.15) is 12.0 Å². The minimum Gasteiger partial charge on any atom is -0.493 e. The number of methoxy groups -OCH3 is 1. The number of halogens is 7. The van der Waals surface area contributed by atoms with Crippen molar-refractivity contribution >= 4 is 10.2 Å². The van der Waals surface area contributed by atoms with Gasteiger partial charge in [-0.3, -0.25) is 0 Å². The lowest BCUT2D eigenvalue weighted by Crippen LogP contribution is -2.49. The van der Waals surface area contributed by atoms with E-state index in [2.05, 4.69) is 4.74 Å². The summed E-state index contributed by atoms with van der Waals surface area (Å²) in [7, 11) is 2.16. The predicted molar refractivity (Wildman–Crippen MR) is 79.7 cm³/mol. The summed E-state index contributed by atoms with van der Waals surface area (Å²) in [5, 5.41) is 0. The van der Waals surface area contributed by atoms with E-state index in [1.54, 1.807) is 0 Å². The molecule has 0 fully saturated rings. The van der Waals surface area contributed by atoms with Crippen LogP contribution >= 0.6 is 0 Å². The Kier molecular flexibility index (Phi) is 5.13. The molecule has 0 aromatic heterocycles. The van der Waals surface area contributed by atoms with Crippen molar-refractivity contribution in [3.8, 4) is 11.5 Å². The first-order valence-electron chi connectivity index (χ1n) is 7.39. The molecule has 0 saturated carbocycles. The molecular weight excluding hydrogens is 373 g/mol. The highest BCUT2D eigenvalue weighted by Gasteiger charge is 2.82. The Morgan fingerprint density at radius 3 is 2.12 bits per heavy atom. The summed E-state index contributed by atoms with van der Waals surface area (Å²) >= 11 is 0. The first-order chi connectivity index (χ1) is 11.5. The zero-order valence-corrected chi connectivity index (χ0v) is 15.3. The van der Waals surface area contributed by atoms with Crippen molar-refractivity contribution in [1.82, 2.24) is 0 Å². The first-order valence-corrected chi connectivity index (χ1v) is 8.81. The molecule has 0 radical (unpaired) electrons. The Bertz CT molecular complexity index is 688. The Labute approximate surface area is 142 Å². The Morgan fingerprint density at radius 2 is 1.64 bits per heavy atom. The van der Waals surface area contributed by atoms with Crippen molar-refractivity contribution in [3.63, 3.8) is 0 Å². The predicted octanol–water partition coefficient (Wildman–Crippen LogP) is 3.89. The molecule has 1 aromatic rings. The van der Waals surface area contributed by atoms with Gasteiger partial charge in [0.2, 0.25) is 11.6 Å². The van der Waals surface area contributed by atoms with Gasteiger partial charge in [-0.1, -0.05) is 18.5 Å². The SMILES string of the molecule is COc1cc(CCC[SiH3])ccc1OC1=C(F)C(F)(F)C(F)(F)C1(F)F. The van der Waals surface area contributed by atoms with Crippen LogP contribution in [0.25, 0.3) is 0 Å². The fourth-order valence-corrected chi connectivity index (χ4v) is 2.66. The number of rotatable bonds is 6. The van der Waals surface area contributed by atoms with E-state index in [4.69, 9.17) is 4.74 Å². The molecule has 1 aliphatic rings. The van der Waals surface area contributed by atoms with Gasteiger partial charge in [0.1, 0.15) is 0 Å². The van der Waals surface area contributed by atoms with Crippen molar-refractivity contribution in [3.05, 3.63) is 35.3 Å². The smallest absolute Gasteiger partial charge is 0.386 e. The lowest BCUT2D eigenvalue weighted by molar-refractivity contribution is -0.272. The third-order valence-corrected chi connectivity index (χ3v) is 4.52. The molecule has 2 rings (SSSR count). The van der Waals surface area contributed by atoms with Crippen LogP contribution in [0.4, 0.5) is 30.7 Å².